The molecule has 2 N–H and O–H groups in total. The van der Waals surface area contributed by atoms with Gasteiger partial charge in [0, 0.05) is 23.1 Å². The summed E-state index contributed by atoms with van der Waals surface area (Å²) in [5.41, 5.74) is 5.82. The Balaban J connectivity index is 2.42. The fourth-order valence-corrected chi connectivity index (χ4v) is 2.08. The lowest BCUT2D eigenvalue weighted by Gasteiger charge is -1.95. The van der Waals surface area contributed by atoms with Gasteiger partial charge in [0.2, 0.25) is 0 Å². The normalized spacial score (nSPS) is 10.1. The first-order valence-electron chi connectivity index (χ1n) is 4.58. The van der Waals surface area contributed by atoms with Crippen LogP contribution in [0.1, 0.15) is 10.5 Å². The number of thiazole rings is 1. The molecule has 0 unspecified atom stereocenters. The second-order valence-electron chi connectivity index (χ2n) is 3.21. The Bertz CT molecular complexity index is 594. The molecule has 0 saturated carbocycles. The van der Waals surface area contributed by atoms with Gasteiger partial charge in [-0.25, -0.2) is 4.98 Å². The average molecular weight is 249 g/mol. The van der Waals surface area contributed by atoms with Crippen molar-refractivity contribution in [3.8, 4) is 10.6 Å². The first-order valence-corrected chi connectivity index (χ1v) is 5.46. The first-order chi connectivity index (χ1) is 8.08. The van der Waals surface area contributed by atoms with Gasteiger partial charge >= 0.3 is 0 Å². The van der Waals surface area contributed by atoms with Gasteiger partial charge in [0.1, 0.15) is 10.7 Å². The second-order valence-corrected chi connectivity index (χ2v) is 4.07. The summed E-state index contributed by atoms with van der Waals surface area (Å²) in [4.78, 5) is 25.0. The number of nitro benzene ring substituents is 1. The molecule has 1 amide bonds. The van der Waals surface area contributed by atoms with Gasteiger partial charge in [0.15, 0.2) is 0 Å². The number of primary amides is 1. The van der Waals surface area contributed by atoms with Crippen LogP contribution in [0.4, 0.5) is 5.69 Å². The highest BCUT2D eigenvalue weighted by molar-refractivity contribution is 7.13. The van der Waals surface area contributed by atoms with Gasteiger partial charge in [-0.15, -0.1) is 11.3 Å². The van der Waals surface area contributed by atoms with Crippen molar-refractivity contribution in [3.63, 3.8) is 0 Å². The Morgan fingerprint density at radius 2 is 2.24 bits per heavy atom. The minimum Gasteiger partial charge on any atom is -0.364 e. The molecule has 2 aromatic rings. The molecule has 17 heavy (non-hydrogen) atoms. The number of amides is 1. The number of nitrogens with two attached hydrogens (primary N) is 1. The lowest BCUT2D eigenvalue weighted by molar-refractivity contribution is -0.384. The Kier molecular flexibility index (Phi) is 2.84. The van der Waals surface area contributed by atoms with Crippen LogP contribution in [0.15, 0.2) is 29.6 Å². The molecular weight excluding hydrogens is 242 g/mol. The summed E-state index contributed by atoms with van der Waals surface area (Å²) in [6.07, 6.45) is 0. The number of aromatic nitrogens is 1. The van der Waals surface area contributed by atoms with E-state index < -0.39 is 10.8 Å². The van der Waals surface area contributed by atoms with Gasteiger partial charge in [-0.2, -0.15) is 0 Å². The number of hydrogen-bond acceptors (Lipinski definition) is 5. The van der Waals surface area contributed by atoms with E-state index in [1.54, 1.807) is 12.1 Å². The van der Waals surface area contributed by atoms with Gasteiger partial charge in [-0.05, 0) is 0 Å². The number of non-ortho nitro benzene ring substituents is 1. The largest absolute Gasteiger partial charge is 0.364 e. The van der Waals surface area contributed by atoms with Crippen molar-refractivity contribution in [2.75, 3.05) is 0 Å². The highest BCUT2D eigenvalue weighted by atomic mass is 32.1. The van der Waals surface area contributed by atoms with E-state index in [-0.39, 0.29) is 11.4 Å². The van der Waals surface area contributed by atoms with E-state index in [9.17, 15) is 14.9 Å². The number of nitrogens with zero attached hydrogens (tertiary/aromatic N) is 2. The van der Waals surface area contributed by atoms with Crippen LogP contribution >= 0.6 is 11.3 Å². The zero-order chi connectivity index (χ0) is 12.4. The van der Waals surface area contributed by atoms with E-state index in [1.165, 1.54) is 28.8 Å². The van der Waals surface area contributed by atoms with Crippen molar-refractivity contribution < 1.29 is 9.72 Å². The van der Waals surface area contributed by atoms with Crippen LogP contribution < -0.4 is 5.73 Å². The maximum Gasteiger partial charge on any atom is 0.270 e. The lowest BCUT2D eigenvalue weighted by atomic mass is 10.2. The molecule has 0 bridgehead atoms. The van der Waals surface area contributed by atoms with Crippen LogP contribution in [0.2, 0.25) is 0 Å². The molecule has 0 radical (unpaired) electrons. The van der Waals surface area contributed by atoms with Crippen LogP contribution in [0.3, 0.4) is 0 Å². The molecule has 6 nitrogen and oxygen atoms in total. The van der Waals surface area contributed by atoms with Gasteiger partial charge in [0.05, 0.1) is 4.92 Å². The zero-order valence-corrected chi connectivity index (χ0v) is 9.31. The van der Waals surface area contributed by atoms with E-state index >= 15 is 0 Å². The molecule has 1 aromatic heterocycles. The second kappa shape index (κ2) is 4.30. The van der Waals surface area contributed by atoms with Crippen LogP contribution in [-0.2, 0) is 0 Å². The van der Waals surface area contributed by atoms with E-state index in [2.05, 4.69) is 4.98 Å². The Hall–Kier alpha value is -2.28. The van der Waals surface area contributed by atoms with Crippen LogP contribution in [0, 0.1) is 10.1 Å². The minimum atomic E-state index is -0.613. The highest BCUT2D eigenvalue weighted by Gasteiger charge is 2.11. The predicted molar refractivity (Wildman–Crippen MR) is 62.7 cm³/mol. The van der Waals surface area contributed by atoms with Crippen molar-refractivity contribution in [2.24, 2.45) is 5.73 Å². The standard InChI is InChI=1S/C10H7N3O3S/c11-9(14)8-5-17-10(12-8)6-2-1-3-7(4-6)13(15)16/h1-5H,(H2,11,14). The van der Waals surface area contributed by atoms with E-state index in [0.717, 1.165) is 0 Å². The monoisotopic (exact) mass is 249 g/mol. The summed E-state index contributed by atoms with van der Waals surface area (Å²) in [5.74, 6) is -0.613. The van der Waals surface area contributed by atoms with Crippen LogP contribution in [-0.4, -0.2) is 15.8 Å². The van der Waals surface area contributed by atoms with Gasteiger partial charge in [-0.1, -0.05) is 12.1 Å². The first kappa shape index (κ1) is 11.2. The fraction of sp³-hybridized carbons (Fsp3) is 0. The number of carbonyl (C=O) groups is 1. The van der Waals surface area contributed by atoms with Crippen LogP contribution in [0.25, 0.3) is 10.6 Å². The molecular formula is C10H7N3O3S. The molecule has 2 rings (SSSR count). The molecule has 7 heteroatoms. The molecule has 0 atom stereocenters. The smallest absolute Gasteiger partial charge is 0.270 e. The number of carbonyl (C=O) groups excluding carboxylic acids is 1. The summed E-state index contributed by atoms with van der Waals surface area (Å²) >= 11 is 1.22. The lowest BCUT2D eigenvalue weighted by Crippen LogP contribution is -2.10. The topological polar surface area (TPSA) is 99.1 Å². The molecule has 0 aliphatic heterocycles. The third-order valence-electron chi connectivity index (χ3n) is 2.06. The van der Waals surface area contributed by atoms with E-state index in [1.807, 2.05) is 0 Å². The van der Waals surface area contributed by atoms with Gasteiger partial charge < -0.3 is 5.73 Å². The quantitative estimate of drug-likeness (QED) is 0.662. The predicted octanol–water partition coefficient (Wildman–Crippen LogP) is 1.82. The molecule has 0 aliphatic carbocycles. The molecule has 0 aliphatic rings. The van der Waals surface area contributed by atoms with E-state index in [4.69, 9.17) is 5.73 Å². The molecule has 1 heterocycles. The summed E-state index contributed by atoms with van der Waals surface area (Å²) < 4.78 is 0. The maximum absolute atomic E-state index is 10.9. The molecule has 0 saturated heterocycles. The summed E-state index contributed by atoms with van der Waals surface area (Å²) in [7, 11) is 0. The molecule has 1 aromatic carbocycles. The van der Waals surface area contributed by atoms with Crippen molar-refractivity contribution in [3.05, 3.63) is 45.5 Å². The van der Waals surface area contributed by atoms with Crippen LogP contribution in [0.5, 0.6) is 0 Å². The Labute approximate surface area is 99.9 Å². The third-order valence-corrected chi connectivity index (χ3v) is 2.95. The highest BCUT2D eigenvalue weighted by Crippen LogP contribution is 2.26. The van der Waals surface area contributed by atoms with Crippen molar-refractivity contribution in [1.82, 2.24) is 4.98 Å². The number of benzene rings is 1. The average Bonchev–Trinajstić information content (AvgIpc) is 2.78. The summed E-state index contributed by atoms with van der Waals surface area (Å²) in [6, 6.07) is 6.06. The molecule has 0 spiro atoms. The number of rotatable bonds is 3. The van der Waals surface area contributed by atoms with Crippen molar-refractivity contribution >= 4 is 22.9 Å². The SMILES string of the molecule is NC(=O)c1csc(-c2cccc([N+](=O)[O-])c2)n1. The summed E-state index contributed by atoms with van der Waals surface area (Å²) in [5, 5.41) is 12.7. The Morgan fingerprint density at radius 1 is 1.47 bits per heavy atom. The maximum atomic E-state index is 10.9. The van der Waals surface area contributed by atoms with Gasteiger partial charge in [-0.3, -0.25) is 14.9 Å². The fourth-order valence-electron chi connectivity index (χ4n) is 1.27. The van der Waals surface area contributed by atoms with Gasteiger partial charge in [0.25, 0.3) is 11.6 Å². The zero-order valence-electron chi connectivity index (χ0n) is 8.49. The van der Waals surface area contributed by atoms with Crippen molar-refractivity contribution in [2.45, 2.75) is 0 Å². The molecule has 0 fully saturated rings. The Morgan fingerprint density at radius 3 is 2.82 bits per heavy atom. The van der Waals surface area contributed by atoms with Crippen molar-refractivity contribution in [1.29, 1.82) is 0 Å². The summed E-state index contributed by atoms with van der Waals surface area (Å²) in [6.45, 7) is 0. The number of nitro groups is 1. The molecule has 86 valence electrons. The van der Waals surface area contributed by atoms with E-state index in [0.29, 0.717) is 10.6 Å². The number of hydrogen-bond donors (Lipinski definition) is 1. The third kappa shape index (κ3) is 2.28. The minimum absolute atomic E-state index is 0.0154.